The molecule has 4 rings (SSSR count). The number of likely N-dealkylation sites (N-methyl/N-ethyl adjacent to an activating group) is 1. The Morgan fingerprint density at radius 2 is 1.92 bits per heavy atom. The van der Waals surface area contributed by atoms with Crippen molar-refractivity contribution < 1.29 is 4.79 Å². The summed E-state index contributed by atoms with van der Waals surface area (Å²) in [6.07, 6.45) is 2.67. The minimum atomic E-state index is -0.00325. The van der Waals surface area contributed by atoms with Crippen LogP contribution in [-0.4, -0.2) is 54.6 Å². The summed E-state index contributed by atoms with van der Waals surface area (Å²) in [5, 5.41) is 0. The lowest BCUT2D eigenvalue weighted by molar-refractivity contribution is 0.0976. The Hall–Kier alpha value is -2.40. The van der Waals surface area contributed by atoms with E-state index in [4.69, 9.17) is 0 Å². The summed E-state index contributed by atoms with van der Waals surface area (Å²) in [6, 6.07) is 12.3. The van der Waals surface area contributed by atoms with Crippen molar-refractivity contribution in [2.24, 2.45) is 0 Å². The summed E-state index contributed by atoms with van der Waals surface area (Å²) in [4.78, 5) is 24.3. The molecule has 1 unspecified atom stereocenters. The number of benzene rings is 1. The number of piperazine rings is 1. The number of anilines is 2. The first-order valence-electron chi connectivity index (χ1n) is 9.52. The number of amides is 1. The van der Waals surface area contributed by atoms with E-state index in [0.717, 1.165) is 50.5 Å². The summed E-state index contributed by atoms with van der Waals surface area (Å²) in [6.45, 7) is 9.53. The predicted molar refractivity (Wildman–Crippen MR) is 105 cm³/mol. The highest BCUT2D eigenvalue weighted by Gasteiger charge is 2.32. The molecule has 0 saturated carbocycles. The lowest BCUT2D eigenvalue weighted by atomic mass is 10.1. The Morgan fingerprint density at radius 3 is 2.69 bits per heavy atom. The number of fused-ring (bicyclic) bond motifs is 1. The Labute approximate surface area is 155 Å². The summed E-state index contributed by atoms with van der Waals surface area (Å²) in [5.41, 5.74) is 3.89. The molecule has 1 aromatic heterocycles. The van der Waals surface area contributed by atoms with Gasteiger partial charge >= 0.3 is 0 Å². The Kier molecular flexibility index (Phi) is 4.64. The van der Waals surface area contributed by atoms with Gasteiger partial charge in [0.25, 0.3) is 5.91 Å². The first-order valence-corrected chi connectivity index (χ1v) is 9.52. The minimum absolute atomic E-state index is 0.00325. The highest BCUT2D eigenvalue weighted by atomic mass is 16.2. The summed E-state index contributed by atoms with van der Waals surface area (Å²) in [5.74, 6) is -0.00325. The van der Waals surface area contributed by atoms with Crippen LogP contribution >= 0.6 is 0 Å². The third-order valence-corrected chi connectivity index (χ3v) is 5.57. The Bertz CT molecular complexity index is 798. The van der Waals surface area contributed by atoms with Gasteiger partial charge in [-0.3, -0.25) is 9.78 Å². The first kappa shape index (κ1) is 17.0. The van der Waals surface area contributed by atoms with Crippen LogP contribution in [0.2, 0.25) is 0 Å². The largest absolute Gasteiger partial charge is 0.369 e. The van der Waals surface area contributed by atoms with Crippen molar-refractivity contribution in [1.82, 2.24) is 9.88 Å². The molecule has 2 aliphatic rings. The molecule has 1 aromatic carbocycles. The van der Waals surface area contributed by atoms with Gasteiger partial charge < -0.3 is 14.7 Å². The van der Waals surface area contributed by atoms with E-state index in [2.05, 4.69) is 34.7 Å². The quantitative estimate of drug-likeness (QED) is 0.853. The molecular formula is C21H26N4O. The third-order valence-electron chi connectivity index (χ3n) is 5.57. The molecule has 0 spiro atoms. The molecule has 3 heterocycles. The standard InChI is InChI=1S/C21H26N4O/c1-3-23-10-12-24(13-11-23)18-8-9-22-19(15-18)21(26)25-16(2)14-17-6-4-5-7-20(17)25/h4-9,15-16H,3,10-14H2,1-2H3. The Balaban J connectivity index is 1.56. The number of para-hydroxylation sites is 1. The number of hydrogen-bond acceptors (Lipinski definition) is 4. The van der Waals surface area contributed by atoms with E-state index in [0.29, 0.717) is 5.69 Å². The van der Waals surface area contributed by atoms with Crippen LogP contribution in [0.5, 0.6) is 0 Å². The molecule has 0 N–H and O–H groups in total. The van der Waals surface area contributed by atoms with E-state index in [1.54, 1.807) is 6.20 Å². The van der Waals surface area contributed by atoms with Crippen molar-refractivity contribution in [2.45, 2.75) is 26.3 Å². The zero-order valence-electron chi connectivity index (χ0n) is 15.6. The fraction of sp³-hybridized carbons (Fsp3) is 0.429. The molecule has 26 heavy (non-hydrogen) atoms. The van der Waals surface area contributed by atoms with Gasteiger partial charge in [-0.05, 0) is 43.7 Å². The highest BCUT2D eigenvalue weighted by molar-refractivity contribution is 6.07. The van der Waals surface area contributed by atoms with Gasteiger partial charge in [0.1, 0.15) is 5.69 Å². The van der Waals surface area contributed by atoms with Crippen molar-refractivity contribution in [3.05, 3.63) is 53.9 Å². The number of rotatable bonds is 3. The number of aromatic nitrogens is 1. The van der Waals surface area contributed by atoms with Crippen molar-refractivity contribution in [1.29, 1.82) is 0 Å². The fourth-order valence-electron chi connectivity index (χ4n) is 4.05. The van der Waals surface area contributed by atoms with Crippen molar-refractivity contribution in [3.63, 3.8) is 0 Å². The van der Waals surface area contributed by atoms with E-state index >= 15 is 0 Å². The van der Waals surface area contributed by atoms with Crippen LogP contribution in [0.3, 0.4) is 0 Å². The van der Waals surface area contributed by atoms with Crippen LogP contribution in [0.4, 0.5) is 11.4 Å². The van der Waals surface area contributed by atoms with Gasteiger partial charge in [-0.15, -0.1) is 0 Å². The number of carbonyl (C=O) groups is 1. The predicted octanol–water partition coefficient (Wildman–Crippen LogP) is 2.81. The summed E-state index contributed by atoms with van der Waals surface area (Å²) in [7, 11) is 0. The van der Waals surface area contributed by atoms with Gasteiger partial charge in [0.05, 0.1) is 0 Å². The van der Waals surface area contributed by atoms with E-state index < -0.39 is 0 Å². The maximum atomic E-state index is 13.2. The van der Waals surface area contributed by atoms with Crippen LogP contribution in [0, 0.1) is 0 Å². The second-order valence-corrected chi connectivity index (χ2v) is 7.18. The summed E-state index contributed by atoms with van der Waals surface area (Å²) >= 11 is 0. The molecule has 5 heteroatoms. The molecule has 1 fully saturated rings. The second-order valence-electron chi connectivity index (χ2n) is 7.18. The maximum absolute atomic E-state index is 13.2. The Morgan fingerprint density at radius 1 is 1.15 bits per heavy atom. The molecule has 2 aliphatic heterocycles. The number of pyridine rings is 1. The van der Waals surface area contributed by atoms with Crippen molar-refractivity contribution in [2.75, 3.05) is 42.5 Å². The van der Waals surface area contributed by atoms with Gasteiger partial charge in [-0.2, -0.15) is 0 Å². The van der Waals surface area contributed by atoms with Crippen molar-refractivity contribution in [3.8, 4) is 0 Å². The molecule has 2 aromatic rings. The van der Waals surface area contributed by atoms with Gasteiger partial charge in [-0.25, -0.2) is 0 Å². The fourth-order valence-corrected chi connectivity index (χ4v) is 4.05. The zero-order valence-corrected chi connectivity index (χ0v) is 15.6. The molecular weight excluding hydrogens is 324 g/mol. The van der Waals surface area contributed by atoms with Crippen LogP contribution < -0.4 is 9.80 Å². The SMILES string of the molecule is CCN1CCN(c2ccnc(C(=O)N3c4ccccc4CC3C)c2)CC1. The lowest BCUT2D eigenvalue weighted by Gasteiger charge is -2.35. The van der Waals surface area contributed by atoms with Gasteiger partial charge in [0, 0.05) is 49.8 Å². The highest BCUT2D eigenvalue weighted by Crippen LogP contribution is 2.33. The second kappa shape index (κ2) is 7.08. The van der Waals surface area contributed by atoms with Crippen molar-refractivity contribution >= 4 is 17.3 Å². The molecule has 0 bridgehead atoms. The molecule has 1 amide bonds. The first-order chi connectivity index (χ1) is 12.7. The molecule has 0 radical (unpaired) electrons. The van der Waals surface area contributed by atoms with E-state index in [9.17, 15) is 4.79 Å². The number of hydrogen-bond donors (Lipinski definition) is 0. The summed E-state index contributed by atoms with van der Waals surface area (Å²) < 4.78 is 0. The van der Waals surface area contributed by atoms with E-state index in [1.165, 1.54) is 5.56 Å². The molecule has 1 saturated heterocycles. The topological polar surface area (TPSA) is 39.7 Å². The molecule has 0 aliphatic carbocycles. The van der Waals surface area contributed by atoms with Gasteiger partial charge in [0.2, 0.25) is 0 Å². The van der Waals surface area contributed by atoms with Crippen LogP contribution in [0.25, 0.3) is 0 Å². The van der Waals surface area contributed by atoms with Gasteiger partial charge in [-0.1, -0.05) is 25.1 Å². The lowest BCUT2D eigenvalue weighted by Crippen LogP contribution is -2.46. The monoisotopic (exact) mass is 350 g/mol. The molecule has 5 nitrogen and oxygen atoms in total. The number of carbonyl (C=O) groups excluding carboxylic acids is 1. The van der Waals surface area contributed by atoms with E-state index in [-0.39, 0.29) is 11.9 Å². The minimum Gasteiger partial charge on any atom is -0.369 e. The normalized spacial score (nSPS) is 20.3. The molecule has 136 valence electrons. The number of nitrogens with zero attached hydrogens (tertiary/aromatic N) is 4. The third kappa shape index (κ3) is 3.07. The van der Waals surface area contributed by atoms with Gasteiger partial charge in [0.15, 0.2) is 0 Å². The zero-order chi connectivity index (χ0) is 18.1. The smallest absolute Gasteiger partial charge is 0.277 e. The average Bonchev–Trinajstić information content (AvgIpc) is 3.03. The van der Waals surface area contributed by atoms with Crippen LogP contribution in [0.1, 0.15) is 29.9 Å². The average molecular weight is 350 g/mol. The van der Waals surface area contributed by atoms with E-state index in [1.807, 2.05) is 35.2 Å². The van der Waals surface area contributed by atoms with Crippen LogP contribution in [-0.2, 0) is 6.42 Å². The molecule has 1 atom stereocenters. The van der Waals surface area contributed by atoms with Crippen LogP contribution in [0.15, 0.2) is 42.6 Å². The maximum Gasteiger partial charge on any atom is 0.277 e.